The fraction of sp³-hybridized carbons (Fsp3) is 0.867. The van der Waals surface area contributed by atoms with Gasteiger partial charge in [-0.05, 0) is 67.6 Å². The van der Waals surface area contributed by atoms with Gasteiger partial charge in [-0.25, -0.2) is 0 Å². The molecule has 0 N–H and O–H groups in total. The van der Waals surface area contributed by atoms with Gasteiger partial charge in [-0.3, -0.25) is 0 Å². The molecule has 0 heteroatoms. The van der Waals surface area contributed by atoms with E-state index in [0.717, 1.165) is 35.5 Å². The molecular weight excluding hydrogens is 180 g/mol. The van der Waals surface area contributed by atoms with Gasteiger partial charge in [0.25, 0.3) is 0 Å². The van der Waals surface area contributed by atoms with Crippen LogP contribution < -0.4 is 0 Å². The second-order valence-corrected chi connectivity index (χ2v) is 6.59. The van der Waals surface area contributed by atoms with Crippen LogP contribution in [-0.4, -0.2) is 0 Å². The van der Waals surface area contributed by atoms with Crippen molar-refractivity contribution in [3.63, 3.8) is 0 Å². The van der Waals surface area contributed by atoms with Crippen molar-refractivity contribution in [2.75, 3.05) is 0 Å². The molecule has 3 fully saturated rings. The van der Waals surface area contributed by atoms with Gasteiger partial charge in [0.1, 0.15) is 0 Å². The Morgan fingerprint density at radius 1 is 1.13 bits per heavy atom. The second-order valence-electron chi connectivity index (χ2n) is 6.59. The zero-order valence-corrected chi connectivity index (χ0v) is 10.2. The zero-order chi connectivity index (χ0) is 10.6. The van der Waals surface area contributed by atoms with Gasteiger partial charge in [0.15, 0.2) is 0 Å². The Morgan fingerprint density at radius 3 is 2.67 bits per heavy atom. The third kappa shape index (κ3) is 1.40. The van der Waals surface area contributed by atoms with E-state index in [1.54, 1.807) is 5.57 Å². The molecule has 3 aliphatic carbocycles. The average Bonchev–Trinajstić information content (AvgIpc) is 2.81. The van der Waals surface area contributed by atoms with Crippen molar-refractivity contribution in [3.8, 4) is 0 Å². The van der Waals surface area contributed by atoms with Crippen LogP contribution >= 0.6 is 0 Å². The normalized spacial score (nSPS) is 48.7. The first kappa shape index (κ1) is 9.93. The summed E-state index contributed by atoms with van der Waals surface area (Å²) in [5.41, 5.74) is 1.65. The summed E-state index contributed by atoms with van der Waals surface area (Å²) in [5, 5.41) is 0. The molecule has 0 aromatic carbocycles. The molecule has 0 radical (unpaired) electrons. The molecular formula is C15H24. The molecule has 5 unspecified atom stereocenters. The van der Waals surface area contributed by atoms with Crippen LogP contribution in [0.15, 0.2) is 12.2 Å². The van der Waals surface area contributed by atoms with E-state index in [9.17, 15) is 0 Å². The molecule has 0 amide bonds. The van der Waals surface area contributed by atoms with Crippen LogP contribution in [0.3, 0.4) is 0 Å². The lowest BCUT2D eigenvalue weighted by atomic mass is 9.71. The molecule has 0 spiro atoms. The third-order valence-electron chi connectivity index (χ3n) is 5.67. The molecule has 3 saturated carbocycles. The highest BCUT2D eigenvalue weighted by Gasteiger charge is 2.48. The van der Waals surface area contributed by atoms with Crippen molar-refractivity contribution < 1.29 is 0 Å². The highest BCUT2D eigenvalue weighted by molar-refractivity contribution is 5.18. The Bertz CT molecular complexity index is 276. The van der Waals surface area contributed by atoms with E-state index in [-0.39, 0.29) is 0 Å². The average molecular weight is 204 g/mol. The predicted octanol–water partition coefficient (Wildman–Crippen LogP) is 4.27. The van der Waals surface area contributed by atoms with Crippen LogP contribution in [-0.2, 0) is 0 Å². The van der Waals surface area contributed by atoms with Gasteiger partial charge in [0.05, 0.1) is 0 Å². The van der Waals surface area contributed by atoms with E-state index < -0.39 is 0 Å². The topological polar surface area (TPSA) is 0 Å². The van der Waals surface area contributed by atoms with Crippen LogP contribution in [0.5, 0.6) is 0 Å². The summed E-state index contributed by atoms with van der Waals surface area (Å²) in [6, 6.07) is 0. The number of rotatable bonds is 1. The molecule has 0 heterocycles. The second kappa shape index (κ2) is 3.37. The standard InChI is InChI=1S/C15H24/c1-9(2)13-7-14-10(3)11-4-5-12(6-11)15(14)8-13/h9,11-15H,3-8H2,1-2H3. The summed E-state index contributed by atoms with van der Waals surface area (Å²) in [7, 11) is 0. The lowest BCUT2D eigenvalue weighted by Gasteiger charge is -2.33. The number of hydrogen-bond donors (Lipinski definition) is 0. The maximum atomic E-state index is 4.43. The van der Waals surface area contributed by atoms with Crippen molar-refractivity contribution in [2.24, 2.45) is 35.5 Å². The SMILES string of the molecule is C=C1C2CCC(C2)C2CC(C(C)C)CC12. The van der Waals surface area contributed by atoms with Gasteiger partial charge in [-0.2, -0.15) is 0 Å². The summed E-state index contributed by atoms with van der Waals surface area (Å²) >= 11 is 0. The van der Waals surface area contributed by atoms with Gasteiger partial charge >= 0.3 is 0 Å². The number of hydrogen-bond acceptors (Lipinski definition) is 0. The van der Waals surface area contributed by atoms with Crippen molar-refractivity contribution in [3.05, 3.63) is 12.2 Å². The smallest absolute Gasteiger partial charge is 0.0169 e. The van der Waals surface area contributed by atoms with Gasteiger partial charge < -0.3 is 0 Å². The summed E-state index contributed by atoms with van der Waals surface area (Å²) in [6.45, 7) is 9.24. The predicted molar refractivity (Wildman–Crippen MR) is 64.5 cm³/mol. The Morgan fingerprint density at radius 2 is 1.93 bits per heavy atom. The van der Waals surface area contributed by atoms with Crippen molar-refractivity contribution >= 4 is 0 Å². The zero-order valence-electron chi connectivity index (χ0n) is 10.2. The number of allylic oxidation sites excluding steroid dienone is 1. The fourth-order valence-corrected chi connectivity index (χ4v) is 4.65. The summed E-state index contributed by atoms with van der Waals surface area (Å²) in [6.07, 6.45) is 7.44. The first-order chi connectivity index (χ1) is 7.16. The van der Waals surface area contributed by atoms with Crippen LogP contribution in [0.1, 0.15) is 46.0 Å². The molecule has 2 bridgehead atoms. The molecule has 0 aromatic heterocycles. The van der Waals surface area contributed by atoms with E-state index in [0.29, 0.717) is 0 Å². The number of fused-ring (bicyclic) bond motifs is 4. The van der Waals surface area contributed by atoms with Crippen LogP contribution in [0.25, 0.3) is 0 Å². The van der Waals surface area contributed by atoms with Gasteiger partial charge in [0.2, 0.25) is 0 Å². The van der Waals surface area contributed by atoms with Crippen molar-refractivity contribution in [1.29, 1.82) is 0 Å². The summed E-state index contributed by atoms with van der Waals surface area (Å²) < 4.78 is 0. The fourth-order valence-electron chi connectivity index (χ4n) is 4.65. The first-order valence-electron chi connectivity index (χ1n) is 6.85. The van der Waals surface area contributed by atoms with Gasteiger partial charge in [-0.15, -0.1) is 0 Å². The Kier molecular flexibility index (Phi) is 2.23. The van der Waals surface area contributed by atoms with E-state index in [2.05, 4.69) is 20.4 Å². The van der Waals surface area contributed by atoms with E-state index in [4.69, 9.17) is 0 Å². The third-order valence-corrected chi connectivity index (χ3v) is 5.67. The molecule has 0 saturated heterocycles. The lowest BCUT2D eigenvalue weighted by Crippen LogP contribution is -2.25. The molecule has 84 valence electrons. The maximum absolute atomic E-state index is 4.43. The minimum absolute atomic E-state index is 0.891. The van der Waals surface area contributed by atoms with Crippen molar-refractivity contribution in [1.82, 2.24) is 0 Å². The molecule has 15 heavy (non-hydrogen) atoms. The minimum Gasteiger partial charge on any atom is -0.0993 e. The molecule has 0 aromatic rings. The van der Waals surface area contributed by atoms with Crippen LogP contribution in [0, 0.1) is 35.5 Å². The van der Waals surface area contributed by atoms with E-state index in [1.807, 2.05) is 0 Å². The lowest BCUT2D eigenvalue weighted by molar-refractivity contribution is 0.243. The monoisotopic (exact) mass is 204 g/mol. The van der Waals surface area contributed by atoms with Crippen LogP contribution in [0.2, 0.25) is 0 Å². The Labute approximate surface area is 94.1 Å². The molecule has 3 rings (SSSR count). The minimum atomic E-state index is 0.891. The van der Waals surface area contributed by atoms with Crippen LogP contribution in [0.4, 0.5) is 0 Å². The maximum Gasteiger partial charge on any atom is -0.0169 e. The van der Waals surface area contributed by atoms with E-state index in [1.165, 1.54) is 32.1 Å². The van der Waals surface area contributed by atoms with Gasteiger partial charge in [0, 0.05) is 0 Å². The first-order valence-corrected chi connectivity index (χ1v) is 6.85. The Balaban J connectivity index is 1.82. The largest absolute Gasteiger partial charge is 0.0993 e. The summed E-state index contributed by atoms with van der Waals surface area (Å²) in [4.78, 5) is 0. The highest BCUT2D eigenvalue weighted by Crippen LogP contribution is 2.58. The molecule has 5 atom stereocenters. The Hall–Kier alpha value is -0.260. The van der Waals surface area contributed by atoms with Gasteiger partial charge in [-0.1, -0.05) is 26.0 Å². The van der Waals surface area contributed by atoms with E-state index >= 15 is 0 Å². The van der Waals surface area contributed by atoms with Crippen molar-refractivity contribution in [2.45, 2.75) is 46.0 Å². The molecule has 0 nitrogen and oxygen atoms in total. The molecule has 0 aliphatic heterocycles. The molecule has 3 aliphatic rings. The highest BCUT2D eigenvalue weighted by atomic mass is 14.5. The quantitative estimate of drug-likeness (QED) is 0.559. The summed E-state index contributed by atoms with van der Waals surface area (Å²) in [5.74, 6) is 5.83.